The molecule has 4 aromatic heterocycles. The molecule has 0 unspecified atom stereocenters. The van der Waals surface area contributed by atoms with Crippen molar-refractivity contribution in [3.05, 3.63) is 106 Å². The van der Waals surface area contributed by atoms with Crippen LogP contribution in [0.2, 0.25) is 5.02 Å². The van der Waals surface area contributed by atoms with Gasteiger partial charge >= 0.3 is 0 Å². The summed E-state index contributed by atoms with van der Waals surface area (Å²) in [5.41, 5.74) is 7.24. The smallest absolute Gasteiger partial charge is 0.144 e. The lowest BCUT2D eigenvalue weighted by atomic mass is 9.98. The third-order valence-electron chi connectivity index (χ3n) is 6.63. The normalized spacial score (nSPS) is 13.0. The molecule has 0 amide bonds. The molecule has 5 aromatic rings. The predicted octanol–water partition coefficient (Wildman–Crippen LogP) is 7.14. The van der Waals surface area contributed by atoms with Gasteiger partial charge in [0.05, 0.1) is 33.6 Å². The lowest BCUT2D eigenvalue weighted by Gasteiger charge is -2.11. The van der Waals surface area contributed by atoms with E-state index in [1.165, 1.54) is 6.07 Å². The zero-order chi connectivity index (χ0) is 25.5. The summed E-state index contributed by atoms with van der Waals surface area (Å²) < 4.78 is 30.8. The van der Waals surface area contributed by atoms with Gasteiger partial charge in [-0.1, -0.05) is 31.0 Å². The second kappa shape index (κ2) is 9.48. The molecule has 0 bridgehead atoms. The molecular weight excluding hydrogens is 492 g/mol. The lowest BCUT2D eigenvalue weighted by molar-refractivity contribution is 0.572. The molecule has 37 heavy (non-hydrogen) atoms. The van der Waals surface area contributed by atoms with Crippen LogP contribution in [0, 0.1) is 11.6 Å². The fourth-order valence-electron chi connectivity index (χ4n) is 4.75. The Morgan fingerprint density at radius 1 is 0.973 bits per heavy atom. The van der Waals surface area contributed by atoms with E-state index in [2.05, 4.69) is 22.0 Å². The molecule has 0 atom stereocenters. The molecule has 1 aliphatic rings. The maximum Gasteiger partial charge on any atom is 0.144 e. The molecule has 0 radical (unpaired) electrons. The Kier molecular flexibility index (Phi) is 6.00. The van der Waals surface area contributed by atoms with E-state index in [1.807, 2.05) is 53.6 Å². The van der Waals surface area contributed by atoms with Crippen LogP contribution in [-0.4, -0.2) is 24.7 Å². The van der Waals surface area contributed by atoms with Gasteiger partial charge in [0.15, 0.2) is 0 Å². The Bertz CT molecular complexity index is 1690. The van der Waals surface area contributed by atoms with Gasteiger partial charge in [-0.3, -0.25) is 14.6 Å². The summed E-state index contributed by atoms with van der Waals surface area (Å²) in [5, 5.41) is 4.33. The average molecular weight is 514 g/mol. The van der Waals surface area contributed by atoms with Crippen LogP contribution in [0.1, 0.15) is 42.3 Å². The predicted molar refractivity (Wildman–Crippen MR) is 141 cm³/mol. The second-order valence-corrected chi connectivity index (χ2v) is 9.50. The third kappa shape index (κ3) is 4.29. The Hall–Kier alpha value is -3.97. The van der Waals surface area contributed by atoms with Crippen molar-refractivity contribution in [1.82, 2.24) is 24.7 Å². The molecule has 5 nitrogen and oxygen atoms in total. The molecular formula is C29H22ClF2N5. The van der Waals surface area contributed by atoms with E-state index in [9.17, 15) is 8.78 Å². The van der Waals surface area contributed by atoms with Crippen LogP contribution in [-0.2, 0) is 13.0 Å². The average Bonchev–Trinajstić information content (AvgIpc) is 3.54. The van der Waals surface area contributed by atoms with Crippen LogP contribution in [0.25, 0.3) is 33.3 Å². The first-order valence-electron chi connectivity index (χ1n) is 12.1. The van der Waals surface area contributed by atoms with Gasteiger partial charge in [-0.25, -0.2) is 13.8 Å². The van der Waals surface area contributed by atoms with Gasteiger partial charge < -0.3 is 0 Å². The number of allylic oxidation sites excluding steroid dienone is 1. The molecule has 0 spiro atoms. The minimum atomic E-state index is -0.792. The Morgan fingerprint density at radius 2 is 1.86 bits per heavy atom. The zero-order valence-electron chi connectivity index (χ0n) is 20.0. The molecule has 1 aromatic carbocycles. The summed E-state index contributed by atoms with van der Waals surface area (Å²) in [6.07, 6.45) is 9.97. The molecule has 0 aliphatic heterocycles. The van der Waals surface area contributed by atoms with Crippen molar-refractivity contribution in [2.45, 2.75) is 32.7 Å². The first kappa shape index (κ1) is 23.4. The van der Waals surface area contributed by atoms with Crippen LogP contribution in [0.15, 0.2) is 67.3 Å². The van der Waals surface area contributed by atoms with E-state index < -0.39 is 11.6 Å². The number of fused-ring (bicyclic) bond motifs is 2. The molecule has 0 fully saturated rings. The molecule has 184 valence electrons. The highest BCUT2D eigenvalue weighted by molar-refractivity contribution is 6.31. The van der Waals surface area contributed by atoms with Gasteiger partial charge in [-0.05, 0) is 47.9 Å². The first-order valence-corrected chi connectivity index (χ1v) is 12.5. The summed E-state index contributed by atoms with van der Waals surface area (Å²) in [6.45, 7) is 3.02. The van der Waals surface area contributed by atoms with E-state index in [-0.39, 0.29) is 10.6 Å². The van der Waals surface area contributed by atoms with Crippen molar-refractivity contribution >= 4 is 33.8 Å². The highest BCUT2D eigenvalue weighted by Gasteiger charge is 2.28. The van der Waals surface area contributed by atoms with E-state index in [1.54, 1.807) is 6.20 Å². The number of unbranched alkanes of at least 4 members (excludes halogenated alkanes) is 1. The summed E-state index contributed by atoms with van der Waals surface area (Å²) in [5.74, 6) is -1.47. The number of hydrogen-bond donors (Lipinski definition) is 0. The number of hydrogen-bond acceptors (Lipinski definition) is 4. The number of pyridine rings is 3. The largest absolute Gasteiger partial charge is 0.272 e. The molecule has 0 saturated carbocycles. The van der Waals surface area contributed by atoms with E-state index in [4.69, 9.17) is 16.6 Å². The molecule has 0 saturated heterocycles. The SMILES string of the molecule is CCCCn1cc(-c2cnc3ccc(C4=C(c5cc(Cl)c(F)cc5F)Cc5cccnc54)nc3c2)cn1. The molecule has 1 aliphatic carbocycles. The van der Waals surface area contributed by atoms with Crippen LogP contribution >= 0.6 is 11.6 Å². The Balaban J connectivity index is 1.48. The number of aromatic nitrogens is 5. The summed E-state index contributed by atoms with van der Waals surface area (Å²) in [6, 6.07) is 11.7. The Labute approximate surface area is 217 Å². The fourth-order valence-corrected chi connectivity index (χ4v) is 4.91. The molecule has 0 N–H and O–H groups in total. The van der Waals surface area contributed by atoms with Crippen LogP contribution in [0.3, 0.4) is 0 Å². The number of benzene rings is 1. The molecule has 6 rings (SSSR count). The highest BCUT2D eigenvalue weighted by Crippen LogP contribution is 2.42. The minimum Gasteiger partial charge on any atom is -0.272 e. The fraction of sp³-hybridized carbons (Fsp3) is 0.172. The summed E-state index contributed by atoms with van der Waals surface area (Å²) in [7, 11) is 0. The van der Waals surface area contributed by atoms with Crippen molar-refractivity contribution in [1.29, 1.82) is 0 Å². The van der Waals surface area contributed by atoms with Crippen LogP contribution in [0.4, 0.5) is 8.78 Å². The third-order valence-corrected chi connectivity index (χ3v) is 6.92. The van der Waals surface area contributed by atoms with Crippen LogP contribution in [0.5, 0.6) is 0 Å². The van der Waals surface area contributed by atoms with Crippen molar-refractivity contribution in [2.24, 2.45) is 0 Å². The zero-order valence-corrected chi connectivity index (χ0v) is 20.8. The quantitative estimate of drug-likeness (QED) is 0.226. The lowest BCUT2D eigenvalue weighted by Crippen LogP contribution is -1.98. The second-order valence-electron chi connectivity index (χ2n) is 9.09. The standard InChI is InChI=1S/C29H22ClF2N5/c1-2-3-9-37-16-19(15-35-37)18-11-27-25(34-14-18)6-7-26(36-27)28-21(10-17-5-4-8-33-29(17)28)20-12-22(30)24(32)13-23(20)31/h4-8,11-16H,2-3,9-10H2,1H3. The molecule has 8 heteroatoms. The van der Waals surface area contributed by atoms with Gasteiger partial charge in [0.25, 0.3) is 0 Å². The summed E-state index contributed by atoms with van der Waals surface area (Å²) in [4.78, 5) is 14.1. The molecule has 4 heterocycles. The van der Waals surface area contributed by atoms with E-state index in [0.29, 0.717) is 28.8 Å². The van der Waals surface area contributed by atoms with Gasteiger partial charge in [-0.2, -0.15) is 5.10 Å². The Morgan fingerprint density at radius 3 is 2.73 bits per heavy atom. The first-order chi connectivity index (χ1) is 18.0. The van der Waals surface area contributed by atoms with Gasteiger partial charge in [0, 0.05) is 59.9 Å². The van der Waals surface area contributed by atoms with Crippen molar-refractivity contribution in [3.63, 3.8) is 0 Å². The van der Waals surface area contributed by atoms with Crippen LogP contribution < -0.4 is 0 Å². The van der Waals surface area contributed by atoms with Gasteiger partial charge in [-0.15, -0.1) is 0 Å². The monoisotopic (exact) mass is 513 g/mol. The van der Waals surface area contributed by atoms with Gasteiger partial charge in [0.2, 0.25) is 0 Å². The maximum atomic E-state index is 15.0. The summed E-state index contributed by atoms with van der Waals surface area (Å²) >= 11 is 6.04. The highest BCUT2D eigenvalue weighted by atomic mass is 35.5. The number of halogens is 3. The van der Waals surface area contributed by atoms with Crippen molar-refractivity contribution in [3.8, 4) is 11.1 Å². The van der Waals surface area contributed by atoms with Crippen molar-refractivity contribution in [2.75, 3.05) is 0 Å². The van der Waals surface area contributed by atoms with Gasteiger partial charge in [0.1, 0.15) is 11.6 Å². The van der Waals surface area contributed by atoms with E-state index >= 15 is 0 Å². The number of nitrogens with zero attached hydrogens (tertiary/aromatic N) is 5. The van der Waals surface area contributed by atoms with Crippen molar-refractivity contribution < 1.29 is 8.78 Å². The topological polar surface area (TPSA) is 56.5 Å². The number of aryl methyl sites for hydroxylation is 1. The maximum absolute atomic E-state index is 15.0. The van der Waals surface area contributed by atoms with E-state index in [0.717, 1.165) is 53.4 Å². The number of rotatable bonds is 6. The minimum absolute atomic E-state index is 0.132.